The third kappa shape index (κ3) is 33.6. The van der Waals surface area contributed by atoms with Crippen LogP contribution in [0.2, 0.25) is 18.1 Å². The van der Waals surface area contributed by atoms with Crippen molar-refractivity contribution in [1.82, 2.24) is 0 Å². The van der Waals surface area contributed by atoms with Gasteiger partial charge in [0, 0.05) is 6.61 Å². The number of hydrogen-bond acceptors (Lipinski definition) is 13. The molecule has 0 fully saturated rings. The zero-order chi connectivity index (χ0) is 33.9. The molecule has 0 aliphatic rings. The van der Waals surface area contributed by atoms with Crippen LogP contribution in [-0.2, 0) is 61.3 Å². The second-order valence-electron chi connectivity index (χ2n) is 11.5. The second kappa shape index (κ2) is 34.6. The molecule has 0 aromatic rings. The Hall–Kier alpha value is -0.303. The summed E-state index contributed by atoms with van der Waals surface area (Å²) in [5, 5.41) is 0.218. The molecule has 0 aromatic heterocycles. The van der Waals surface area contributed by atoms with Crippen LogP contribution in [0.1, 0.15) is 27.7 Å². The van der Waals surface area contributed by atoms with Gasteiger partial charge < -0.3 is 61.3 Å². The lowest BCUT2D eigenvalue weighted by molar-refractivity contribution is -0.0284. The van der Waals surface area contributed by atoms with Gasteiger partial charge in [0.25, 0.3) is 0 Å². The highest BCUT2D eigenvalue weighted by atomic mass is 28.4. The van der Waals surface area contributed by atoms with Crippen molar-refractivity contribution in [1.29, 1.82) is 0 Å². The third-order valence-electron chi connectivity index (χ3n) is 6.79. The fraction of sp³-hybridized carbons (Fsp3) is 1.00. The van der Waals surface area contributed by atoms with E-state index in [1.165, 1.54) is 0 Å². The van der Waals surface area contributed by atoms with Crippen LogP contribution in [0.15, 0.2) is 0 Å². The maximum Gasteiger partial charge on any atom is 0.192 e. The third-order valence-corrected chi connectivity index (χ3v) is 11.3. The molecule has 0 bridgehead atoms. The second-order valence-corrected chi connectivity index (χ2v) is 16.4. The van der Waals surface area contributed by atoms with Crippen molar-refractivity contribution in [2.24, 2.45) is 0 Å². The van der Waals surface area contributed by atoms with Crippen LogP contribution >= 0.6 is 0 Å². The summed E-state index contributed by atoms with van der Waals surface area (Å²) in [4.78, 5) is 0. The molecule has 0 atom stereocenters. The quantitative estimate of drug-likeness (QED) is 0.0698. The molecule has 0 amide bonds. The maximum absolute atomic E-state index is 6.08. The molecule has 0 N–H and O–H groups in total. The van der Waals surface area contributed by atoms with Gasteiger partial charge >= 0.3 is 0 Å². The molecule has 0 rings (SSSR count). The van der Waals surface area contributed by atoms with E-state index in [0.29, 0.717) is 165 Å². The van der Waals surface area contributed by atoms with Crippen molar-refractivity contribution < 1.29 is 61.3 Å². The minimum absolute atomic E-state index is 0.218. The highest BCUT2D eigenvalue weighted by Crippen LogP contribution is 2.36. The Labute approximate surface area is 280 Å². The van der Waals surface area contributed by atoms with Crippen molar-refractivity contribution in [3.63, 3.8) is 0 Å². The summed E-state index contributed by atoms with van der Waals surface area (Å²) in [5.74, 6) is 0. The largest absolute Gasteiger partial charge is 0.414 e. The van der Waals surface area contributed by atoms with Gasteiger partial charge in [-0.3, -0.25) is 0 Å². The SMILES string of the molecule is CCOCCOCCOCCOCCOCCOCCOCCOCCOCCOCCOCCOCCO[Si](C)(C)C(C)(C)C. The average molecular weight is 689 g/mol. The van der Waals surface area contributed by atoms with E-state index in [-0.39, 0.29) is 5.04 Å². The lowest BCUT2D eigenvalue weighted by atomic mass is 10.2. The van der Waals surface area contributed by atoms with Crippen LogP contribution in [-0.4, -0.2) is 173 Å². The van der Waals surface area contributed by atoms with Crippen LogP contribution in [0.3, 0.4) is 0 Å². The minimum Gasteiger partial charge on any atom is -0.414 e. The van der Waals surface area contributed by atoms with Crippen molar-refractivity contribution in [3.05, 3.63) is 0 Å². The first-order valence-electron chi connectivity index (χ1n) is 16.9. The van der Waals surface area contributed by atoms with Gasteiger partial charge in [-0.25, -0.2) is 0 Å². The molecule has 13 nitrogen and oxygen atoms in total. The Morgan fingerprint density at radius 2 is 0.478 bits per heavy atom. The summed E-state index contributed by atoms with van der Waals surface area (Å²) in [6.45, 7) is 26.9. The zero-order valence-electron chi connectivity index (χ0n) is 30.0. The normalized spacial score (nSPS) is 12.4. The predicted octanol–water partition coefficient (Wildman–Crippen LogP) is 3.23. The van der Waals surface area contributed by atoms with Gasteiger partial charge in [0.05, 0.1) is 159 Å². The molecule has 278 valence electrons. The number of rotatable bonds is 38. The predicted molar refractivity (Wildman–Crippen MR) is 179 cm³/mol. The molecular formula is C32H68O13Si. The minimum atomic E-state index is -1.70. The Morgan fingerprint density at radius 3 is 0.652 bits per heavy atom. The van der Waals surface area contributed by atoms with Gasteiger partial charge in [-0.1, -0.05) is 20.8 Å². The smallest absolute Gasteiger partial charge is 0.192 e. The van der Waals surface area contributed by atoms with E-state index in [1.54, 1.807) is 0 Å². The molecule has 0 saturated heterocycles. The maximum atomic E-state index is 6.08. The lowest BCUT2D eigenvalue weighted by Gasteiger charge is -2.36. The first-order chi connectivity index (χ1) is 22.3. The van der Waals surface area contributed by atoms with E-state index >= 15 is 0 Å². The Morgan fingerprint density at radius 1 is 0.304 bits per heavy atom. The Kier molecular flexibility index (Phi) is 34.3. The van der Waals surface area contributed by atoms with Crippen LogP contribution in [0, 0.1) is 0 Å². The first-order valence-corrected chi connectivity index (χ1v) is 19.8. The highest BCUT2D eigenvalue weighted by Gasteiger charge is 2.36. The van der Waals surface area contributed by atoms with Crippen LogP contribution in [0.25, 0.3) is 0 Å². The van der Waals surface area contributed by atoms with E-state index in [2.05, 4.69) is 33.9 Å². The van der Waals surface area contributed by atoms with E-state index in [0.717, 1.165) is 0 Å². The zero-order valence-corrected chi connectivity index (χ0v) is 31.0. The monoisotopic (exact) mass is 688 g/mol. The molecule has 0 aromatic carbocycles. The summed E-state index contributed by atoms with van der Waals surface area (Å²) in [6.07, 6.45) is 0. The van der Waals surface area contributed by atoms with Gasteiger partial charge in [-0.2, -0.15) is 0 Å². The van der Waals surface area contributed by atoms with Crippen LogP contribution in [0.5, 0.6) is 0 Å². The molecule has 0 saturated carbocycles. The summed E-state index contributed by atoms with van der Waals surface area (Å²) >= 11 is 0. The Balaban J connectivity index is 3.11. The van der Waals surface area contributed by atoms with Crippen molar-refractivity contribution in [2.45, 2.75) is 45.8 Å². The summed E-state index contributed by atoms with van der Waals surface area (Å²) in [7, 11) is -1.70. The fourth-order valence-electron chi connectivity index (χ4n) is 3.14. The van der Waals surface area contributed by atoms with Crippen molar-refractivity contribution in [3.8, 4) is 0 Å². The Bertz CT molecular complexity index is 597. The van der Waals surface area contributed by atoms with Crippen molar-refractivity contribution >= 4 is 8.32 Å². The average Bonchev–Trinajstić information content (AvgIpc) is 3.02. The first kappa shape index (κ1) is 45.7. The van der Waals surface area contributed by atoms with E-state index in [9.17, 15) is 0 Å². The molecule has 0 unspecified atom stereocenters. The van der Waals surface area contributed by atoms with Crippen LogP contribution in [0.4, 0.5) is 0 Å². The molecule has 14 heteroatoms. The molecular weight excluding hydrogens is 620 g/mol. The van der Waals surface area contributed by atoms with Gasteiger partial charge in [0.1, 0.15) is 0 Å². The van der Waals surface area contributed by atoms with E-state index in [1.807, 2.05) is 6.92 Å². The molecule has 0 aliphatic carbocycles. The molecule has 0 aliphatic heterocycles. The molecule has 0 radical (unpaired) electrons. The molecule has 0 heterocycles. The summed E-state index contributed by atoms with van der Waals surface area (Å²) in [6, 6.07) is 0. The van der Waals surface area contributed by atoms with Gasteiger partial charge in [-0.05, 0) is 25.1 Å². The number of hydrogen-bond donors (Lipinski definition) is 0. The molecule has 0 spiro atoms. The summed E-state index contributed by atoms with van der Waals surface area (Å²) in [5.41, 5.74) is 0. The van der Waals surface area contributed by atoms with Crippen LogP contribution < -0.4 is 0 Å². The fourth-order valence-corrected chi connectivity index (χ4v) is 4.16. The number of ether oxygens (including phenoxy) is 12. The highest BCUT2D eigenvalue weighted by molar-refractivity contribution is 6.74. The standard InChI is InChI=1S/C32H68O13Si/c1-7-33-8-9-34-10-11-35-12-13-36-14-15-37-16-17-38-18-19-39-20-21-40-22-23-41-24-25-42-26-27-43-28-29-44-30-31-45-46(5,6)32(2,3)4/h7-31H2,1-6H3. The topological polar surface area (TPSA) is 120 Å². The van der Waals surface area contributed by atoms with Gasteiger partial charge in [-0.15, -0.1) is 0 Å². The van der Waals surface area contributed by atoms with E-state index < -0.39 is 8.32 Å². The van der Waals surface area contributed by atoms with E-state index in [4.69, 9.17) is 61.3 Å². The van der Waals surface area contributed by atoms with Gasteiger partial charge in [0.15, 0.2) is 8.32 Å². The van der Waals surface area contributed by atoms with Crippen molar-refractivity contribution in [2.75, 3.05) is 165 Å². The van der Waals surface area contributed by atoms with Gasteiger partial charge in [0.2, 0.25) is 0 Å². The lowest BCUT2D eigenvalue weighted by Crippen LogP contribution is -2.41. The molecule has 46 heavy (non-hydrogen) atoms. The summed E-state index contributed by atoms with van der Waals surface area (Å²) < 4.78 is 71.5.